The van der Waals surface area contributed by atoms with Crippen molar-refractivity contribution >= 4 is 59.7 Å². The van der Waals surface area contributed by atoms with Crippen molar-refractivity contribution in [1.29, 1.82) is 0 Å². The average molecular weight is 659 g/mol. The molecule has 10 N–H and O–H groups in total. The molecule has 0 aliphatic heterocycles. The second-order valence-electron chi connectivity index (χ2n) is 5.95. The summed E-state index contributed by atoms with van der Waals surface area (Å²) < 4.78 is 4.48. The summed E-state index contributed by atoms with van der Waals surface area (Å²) in [7, 11) is 0. The van der Waals surface area contributed by atoms with Crippen LogP contribution in [0.2, 0.25) is 0 Å². The van der Waals surface area contributed by atoms with Gasteiger partial charge in [0.25, 0.3) is 53.7 Å². The minimum atomic E-state index is -0.833. The summed E-state index contributed by atoms with van der Waals surface area (Å²) in [6.07, 6.45) is 0.105. The minimum Gasteiger partial charge on any atom is -0.481 e. The topological polar surface area (TPSA) is 382 Å². The maximum atomic E-state index is 10.3. The molecule has 0 rings (SSSR count). The molecular formula is C23H46O21. The van der Waals surface area contributed by atoms with Gasteiger partial charge in [0.05, 0.1) is 19.6 Å². The average Bonchev–Trinajstić information content (AvgIpc) is 2.64. The van der Waals surface area contributed by atoms with Gasteiger partial charge in [-0.15, -0.1) is 0 Å². The van der Waals surface area contributed by atoms with Gasteiger partial charge < -0.3 is 55.8 Å². The lowest BCUT2D eigenvalue weighted by Gasteiger charge is -1.96. The van der Waals surface area contributed by atoms with Gasteiger partial charge in [0.2, 0.25) is 0 Å². The van der Waals surface area contributed by atoms with Crippen LogP contribution in [0.3, 0.4) is 0 Å². The van der Waals surface area contributed by atoms with E-state index in [1.165, 1.54) is 0 Å². The van der Waals surface area contributed by atoms with Crippen molar-refractivity contribution in [3.05, 3.63) is 0 Å². The second-order valence-corrected chi connectivity index (χ2v) is 5.95. The molecular weight excluding hydrogens is 612 g/mol. The summed E-state index contributed by atoms with van der Waals surface area (Å²) in [5, 5.41) is 74.9. The third kappa shape index (κ3) is 107000. The number of rotatable bonds is 3. The summed E-state index contributed by atoms with van der Waals surface area (Å²) in [6, 6.07) is 0. The molecule has 0 bridgehead atoms. The zero-order valence-corrected chi connectivity index (χ0v) is 26.1. The van der Waals surface area contributed by atoms with Crippen LogP contribution in [-0.2, 0) is 52.7 Å². The Hall–Kier alpha value is -5.34. The zero-order chi connectivity index (χ0) is 38.6. The van der Waals surface area contributed by atoms with Crippen LogP contribution in [0.25, 0.3) is 0 Å². The van der Waals surface area contributed by atoms with E-state index in [9.17, 15) is 4.79 Å². The number of ether oxygens (including phenoxy) is 1. The van der Waals surface area contributed by atoms with Crippen molar-refractivity contribution in [2.75, 3.05) is 13.2 Å². The van der Waals surface area contributed by atoms with Crippen LogP contribution in [0.1, 0.15) is 75.7 Å². The molecule has 0 spiro atoms. The number of aliphatic hydroxyl groups is 1. The van der Waals surface area contributed by atoms with Crippen LogP contribution in [-0.4, -0.2) is 124 Å². The number of aliphatic hydroxyl groups excluding tert-OH is 1. The number of carbonyl (C=O) groups excluding carboxylic acids is 1. The summed E-state index contributed by atoms with van der Waals surface area (Å²) in [4.78, 5) is 91.3. The van der Waals surface area contributed by atoms with E-state index >= 15 is 0 Å². The molecule has 0 saturated heterocycles. The normalized spacial score (nSPS) is 6.70. The van der Waals surface area contributed by atoms with Crippen LogP contribution < -0.4 is 0 Å². The number of hydrogen-bond donors (Lipinski definition) is 10. The Morgan fingerprint density at radius 3 is 0.568 bits per heavy atom. The van der Waals surface area contributed by atoms with Crippen molar-refractivity contribution < 1.29 is 104 Å². The number of carbonyl (C=O) groups is 10. The second kappa shape index (κ2) is 61.6. The standard InChI is InChI=1S/C5H10O3.9C2H4O2/c1-2-8-5(7)3-4-6;9*1-2(3)4/h6H,2-4H2,1H3;9*1H3,(H,3,4). The van der Waals surface area contributed by atoms with Crippen molar-refractivity contribution in [2.45, 2.75) is 75.7 Å². The monoisotopic (exact) mass is 658 g/mol. The molecule has 21 nitrogen and oxygen atoms in total. The Bertz CT molecular complexity index is 557. The summed E-state index contributed by atoms with van der Waals surface area (Å²) in [5.74, 6) is -7.84. The lowest BCUT2D eigenvalue weighted by molar-refractivity contribution is -0.144. The largest absolute Gasteiger partial charge is 0.481 e. The van der Waals surface area contributed by atoms with Gasteiger partial charge in [-0.1, -0.05) is 0 Å². The molecule has 0 atom stereocenters. The third-order valence-corrected chi connectivity index (χ3v) is 0.621. The Kier molecular flexibility index (Phi) is 93.5. The first-order chi connectivity index (χ1) is 19.4. The third-order valence-electron chi connectivity index (χ3n) is 0.621. The Morgan fingerprint density at radius 2 is 0.500 bits per heavy atom. The number of hydrogen-bond acceptors (Lipinski definition) is 12. The van der Waals surface area contributed by atoms with E-state index < -0.39 is 53.7 Å². The Morgan fingerprint density at radius 1 is 0.386 bits per heavy atom. The fourth-order valence-corrected chi connectivity index (χ4v) is 0.324. The highest BCUT2D eigenvalue weighted by Gasteiger charge is 1.96. The lowest BCUT2D eigenvalue weighted by Crippen LogP contribution is -2.05. The van der Waals surface area contributed by atoms with Gasteiger partial charge in [-0.25, -0.2) is 0 Å². The predicted molar refractivity (Wildman–Crippen MR) is 148 cm³/mol. The fourth-order valence-electron chi connectivity index (χ4n) is 0.324. The Labute approximate surface area is 252 Å². The summed E-state index contributed by atoms with van der Waals surface area (Å²) in [6.45, 7) is 11.7. The molecule has 44 heavy (non-hydrogen) atoms. The van der Waals surface area contributed by atoms with Gasteiger partial charge in [-0.3, -0.25) is 47.9 Å². The molecule has 0 amide bonds. The quantitative estimate of drug-likeness (QED) is 0.187. The van der Waals surface area contributed by atoms with Crippen LogP contribution in [0.5, 0.6) is 0 Å². The van der Waals surface area contributed by atoms with Crippen LogP contribution in [0.15, 0.2) is 0 Å². The summed E-state index contributed by atoms with van der Waals surface area (Å²) in [5.41, 5.74) is 0. The van der Waals surface area contributed by atoms with Gasteiger partial charge in [0.15, 0.2) is 0 Å². The fraction of sp³-hybridized carbons (Fsp3) is 0.565. The molecule has 0 aliphatic rings. The molecule has 0 aromatic rings. The predicted octanol–water partition coefficient (Wildman–Crippen LogP) is 0.750. The highest BCUT2D eigenvalue weighted by molar-refractivity contribution is 5.69. The SMILES string of the molecule is CC(=O)O.CC(=O)O.CC(=O)O.CC(=O)O.CC(=O)O.CC(=O)O.CC(=O)O.CC(=O)O.CC(=O)O.CCOC(=O)CCO. The molecule has 264 valence electrons. The maximum Gasteiger partial charge on any atom is 0.308 e. The molecule has 0 heterocycles. The molecule has 21 heteroatoms. The molecule has 0 saturated carbocycles. The molecule has 0 unspecified atom stereocenters. The molecule has 0 aromatic carbocycles. The first kappa shape index (κ1) is 66.8. The molecule has 0 radical (unpaired) electrons. The van der Waals surface area contributed by atoms with E-state index in [1.807, 2.05) is 0 Å². The van der Waals surface area contributed by atoms with Crippen LogP contribution >= 0.6 is 0 Å². The van der Waals surface area contributed by atoms with Gasteiger partial charge in [0, 0.05) is 62.3 Å². The van der Waals surface area contributed by atoms with Gasteiger partial charge >= 0.3 is 5.97 Å². The smallest absolute Gasteiger partial charge is 0.308 e. The van der Waals surface area contributed by atoms with Crippen molar-refractivity contribution in [2.24, 2.45) is 0 Å². The van der Waals surface area contributed by atoms with E-state index in [-0.39, 0.29) is 19.0 Å². The number of carboxylic acid groups (broad SMARTS) is 9. The Balaban J connectivity index is -0.0000000370. The lowest BCUT2D eigenvalue weighted by atomic mass is 10.5. The summed E-state index contributed by atoms with van der Waals surface area (Å²) >= 11 is 0. The van der Waals surface area contributed by atoms with Crippen LogP contribution in [0.4, 0.5) is 0 Å². The van der Waals surface area contributed by atoms with Gasteiger partial charge in [0.1, 0.15) is 0 Å². The van der Waals surface area contributed by atoms with Crippen molar-refractivity contribution in [3.8, 4) is 0 Å². The van der Waals surface area contributed by atoms with Gasteiger partial charge in [-0.05, 0) is 6.92 Å². The van der Waals surface area contributed by atoms with E-state index in [0.29, 0.717) is 6.61 Å². The van der Waals surface area contributed by atoms with E-state index in [1.54, 1.807) is 6.92 Å². The van der Waals surface area contributed by atoms with E-state index in [2.05, 4.69) is 4.74 Å². The molecule has 0 aromatic heterocycles. The molecule has 0 fully saturated rings. The maximum absolute atomic E-state index is 10.3. The molecule has 0 aliphatic carbocycles. The van der Waals surface area contributed by atoms with E-state index in [0.717, 1.165) is 62.3 Å². The van der Waals surface area contributed by atoms with E-state index in [4.69, 9.17) is 94.2 Å². The highest BCUT2D eigenvalue weighted by atomic mass is 16.5. The highest BCUT2D eigenvalue weighted by Crippen LogP contribution is 1.82. The van der Waals surface area contributed by atoms with Crippen LogP contribution in [0, 0.1) is 0 Å². The van der Waals surface area contributed by atoms with Gasteiger partial charge in [-0.2, -0.15) is 0 Å². The minimum absolute atomic E-state index is 0.105. The number of aliphatic carboxylic acids is 9. The number of esters is 1. The zero-order valence-electron chi connectivity index (χ0n) is 26.1. The number of carboxylic acids is 9. The van der Waals surface area contributed by atoms with Crippen molar-refractivity contribution in [1.82, 2.24) is 0 Å². The van der Waals surface area contributed by atoms with Crippen molar-refractivity contribution in [3.63, 3.8) is 0 Å². The first-order valence-corrected chi connectivity index (χ1v) is 10.9. The first-order valence-electron chi connectivity index (χ1n) is 10.9.